The normalized spacial score (nSPS) is 13.0. The largest absolute Gasteiger partial charge is 0.394 e. The van der Waals surface area contributed by atoms with Crippen LogP contribution in [-0.2, 0) is 0 Å². The molecule has 0 spiro atoms. The molecule has 0 aliphatic rings. The third kappa shape index (κ3) is 2.25. The molecule has 11 heavy (non-hydrogen) atoms. The number of aliphatic hydroxyl groups excluding tert-OH is 1. The van der Waals surface area contributed by atoms with Crippen molar-refractivity contribution in [2.75, 3.05) is 6.61 Å². The molecule has 0 aromatic carbocycles. The molecular formula is C7H9BrN2O. The van der Waals surface area contributed by atoms with Crippen LogP contribution in [0.4, 0.5) is 0 Å². The molecule has 0 aliphatic heterocycles. The molecule has 4 heteroatoms. The van der Waals surface area contributed by atoms with Gasteiger partial charge in [0.1, 0.15) is 4.60 Å². The highest BCUT2D eigenvalue weighted by molar-refractivity contribution is 9.10. The van der Waals surface area contributed by atoms with Crippen molar-refractivity contribution in [3.05, 3.63) is 28.5 Å². The highest BCUT2D eigenvalue weighted by Gasteiger charge is 2.04. The number of rotatable bonds is 2. The first-order valence-electron chi connectivity index (χ1n) is 3.23. The lowest BCUT2D eigenvalue weighted by Gasteiger charge is -2.06. The van der Waals surface area contributed by atoms with Crippen molar-refractivity contribution in [1.82, 2.24) is 4.98 Å². The molecule has 1 heterocycles. The quantitative estimate of drug-likeness (QED) is 0.721. The second-order valence-electron chi connectivity index (χ2n) is 2.17. The van der Waals surface area contributed by atoms with Crippen molar-refractivity contribution in [3.8, 4) is 0 Å². The molecule has 0 aliphatic carbocycles. The van der Waals surface area contributed by atoms with Gasteiger partial charge in [-0.1, -0.05) is 6.07 Å². The average molecular weight is 217 g/mol. The first-order chi connectivity index (χ1) is 5.24. The van der Waals surface area contributed by atoms with E-state index in [1.54, 1.807) is 6.07 Å². The number of aromatic nitrogens is 1. The summed E-state index contributed by atoms with van der Waals surface area (Å²) < 4.78 is 0.735. The van der Waals surface area contributed by atoms with Crippen LogP contribution in [0.15, 0.2) is 22.8 Å². The van der Waals surface area contributed by atoms with Gasteiger partial charge in [-0.25, -0.2) is 4.98 Å². The fourth-order valence-corrected chi connectivity index (χ4v) is 1.08. The van der Waals surface area contributed by atoms with Crippen LogP contribution in [0, 0.1) is 0 Å². The minimum atomic E-state index is -0.382. The lowest BCUT2D eigenvalue weighted by molar-refractivity contribution is 0.266. The summed E-state index contributed by atoms with van der Waals surface area (Å²) >= 11 is 3.21. The van der Waals surface area contributed by atoms with Crippen molar-refractivity contribution in [3.63, 3.8) is 0 Å². The Hall–Kier alpha value is -0.450. The van der Waals surface area contributed by atoms with Crippen LogP contribution < -0.4 is 5.73 Å². The number of hydrogen-bond donors (Lipinski definition) is 2. The molecule has 1 aromatic heterocycles. The number of halogens is 1. The topological polar surface area (TPSA) is 59.1 Å². The Balaban J connectivity index is 2.86. The SMILES string of the molecule is N[C@@H](CO)c1cccc(Br)n1. The van der Waals surface area contributed by atoms with Crippen LogP contribution in [-0.4, -0.2) is 16.7 Å². The second kappa shape index (κ2) is 3.80. The third-order valence-corrected chi connectivity index (χ3v) is 1.75. The van der Waals surface area contributed by atoms with Gasteiger partial charge in [-0.05, 0) is 28.1 Å². The number of nitrogens with two attached hydrogens (primary N) is 1. The smallest absolute Gasteiger partial charge is 0.106 e. The van der Waals surface area contributed by atoms with Gasteiger partial charge in [0, 0.05) is 0 Å². The summed E-state index contributed by atoms with van der Waals surface area (Å²) in [4.78, 5) is 4.08. The van der Waals surface area contributed by atoms with Crippen molar-refractivity contribution in [2.24, 2.45) is 5.73 Å². The molecule has 1 rings (SSSR count). The molecule has 1 atom stereocenters. The number of aliphatic hydroxyl groups is 1. The van der Waals surface area contributed by atoms with E-state index in [0.29, 0.717) is 5.69 Å². The Bertz CT molecular complexity index is 242. The van der Waals surface area contributed by atoms with Gasteiger partial charge in [-0.2, -0.15) is 0 Å². The minimum Gasteiger partial charge on any atom is -0.394 e. The van der Waals surface area contributed by atoms with Crippen LogP contribution in [0.1, 0.15) is 11.7 Å². The Morgan fingerprint density at radius 3 is 2.91 bits per heavy atom. The number of nitrogens with zero attached hydrogens (tertiary/aromatic N) is 1. The third-order valence-electron chi connectivity index (χ3n) is 1.31. The summed E-state index contributed by atoms with van der Waals surface area (Å²) in [5, 5.41) is 8.70. The van der Waals surface area contributed by atoms with E-state index in [1.807, 2.05) is 12.1 Å². The monoisotopic (exact) mass is 216 g/mol. The maximum Gasteiger partial charge on any atom is 0.106 e. The lowest BCUT2D eigenvalue weighted by Crippen LogP contribution is -2.15. The molecule has 0 saturated carbocycles. The number of pyridine rings is 1. The standard InChI is InChI=1S/C7H9BrN2O/c8-7-3-1-2-6(10-7)5(9)4-11/h1-3,5,11H,4,9H2/t5-/m0/s1. The lowest BCUT2D eigenvalue weighted by atomic mass is 10.2. The van der Waals surface area contributed by atoms with E-state index in [0.717, 1.165) is 4.60 Å². The number of hydrogen-bond acceptors (Lipinski definition) is 3. The zero-order valence-corrected chi connectivity index (χ0v) is 7.45. The minimum absolute atomic E-state index is 0.0799. The van der Waals surface area contributed by atoms with Gasteiger partial charge in [-0.3, -0.25) is 0 Å². The van der Waals surface area contributed by atoms with Gasteiger partial charge in [-0.15, -0.1) is 0 Å². The first-order valence-corrected chi connectivity index (χ1v) is 4.02. The van der Waals surface area contributed by atoms with E-state index < -0.39 is 0 Å². The van der Waals surface area contributed by atoms with Crippen LogP contribution >= 0.6 is 15.9 Å². The summed E-state index contributed by atoms with van der Waals surface area (Å²) in [7, 11) is 0. The molecule has 0 radical (unpaired) electrons. The molecule has 0 fully saturated rings. The molecule has 1 aromatic rings. The highest BCUT2D eigenvalue weighted by Crippen LogP contribution is 2.10. The zero-order valence-electron chi connectivity index (χ0n) is 5.87. The van der Waals surface area contributed by atoms with Crippen LogP contribution in [0.5, 0.6) is 0 Å². The van der Waals surface area contributed by atoms with Crippen LogP contribution in [0.3, 0.4) is 0 Å². The van der Waals surface area contributed by atoms with E-state index in [4.69, 9.17) is 10.8 Å². The fraction of sp³-hybridized carbons (Fsp3) is 0.286. The molecule has 0 unspecified atom stereocenters. The van der Waals surface area contributed by atoms with E-state index in [-0.39, 0.29) is 12.6 Å². The van der Waals surface area contributed by atoms with Crippen molar-refractivity contribution < 1.29 is 5.11 Å². The van der Waals surface area contributed by atoms with E-state index in [9.17, 15) is 0 Å². The van der Waals surface area contributed by atoms with Gasteiger partial charge in [0.15, 0.2) is 0 Å². The predicted octanol–water partition coefficient (Wildman–Crippen LogP) is 0.836. The Morgan fingerprint density at radius 2 is 2.36 bits per heavy atom. The van der Waals surface area contributed by atoms with E-state index in [2.05, 4.69) is 20.9 Å². The highest BCUT2D eigenvalue weighted by atomic mass is 79.9. The second-order valence-corrected chi connectivity index (χ2v) is 2.99. The van der Waals surface area contributed by atoms with Gasteiger partial charge < -0.3 is 10.8 Å². The summed E-state index contributed by atoms with van der Waals surface area (Å²) in [6, 6.07) is 5.05. The van der Waals surface area contributed by atoms with Gasteiger partial charge in [0.2, 0.25) is 0 Å². The van der Waals surface area contributed by atoms with Crippen LogP contribution in [0.2, 0.25) is 0 Å². The average Bonchev–Trinajstić information content (AvgIpc) is 2.03. The maximum absolute atomic E-state index is 8.70. The molecule has 0 amide bonds. The molecule has 3 N–H and O–H groups in total. The van der Waals surface area contributed by atoms with Crippen LogP contribution in [0.25, 0.3) is 0 Å². The Morgan fingerprint density at radius 1 is 1.64 bits per heavy atom. The molecular weight excluding hydrogens is 208 g/mol. The van der Waals surface area contributed by atoms with Gasteiger partial charge >= 0.3 is 0 Å². The Kier molecular flexibility index (Phi) is 2.99. The van der Waals surface area contributed by atoms with E-state index in [1.165, 1.54) is 0 Å². The maximum atomic E-state index is 8.70. The summed E-state index contributed by atoms with van der Waals surface area (Å²) in [5.41, 5.74) is 6.23. The van der Waals surface area contributed by atoms with Gasteiger partial charge in [0.05, 0.1) is 18.3 Å². The van der Waals surface area contributed by atoms with E-state index >= 15 is 0 Å². The molecule has 3 nitrogen and oxygen atoms in total. The van der Waals surface area contributed by atoms with Gasteiger partial charge in [0.25, 0.3) is 0 Å². The molecule has 60 valence electrons. The predicted molar refractivity (Wildman–Crippen MR) is 46.0 cm³/mol. The Labute approximate surface area is 73.4 Å². The molecule has 0 bridgehead atoms. The summed E-state index contributed by atoms with van der Waals surface area (Å²) in [6.07, 6.45) is 0. The zero-order chi connectivity index (χ0) is 8.27. The molecule has 0 saturated heterocycles. The summed E-state index contributed by atoms with van der Waals surface area (Å²) in [6.45, 7) is -0.0799. The van der Waals surface area contributed by atoms with Crippen molar-refractivity contribution in [2.45, 2.75) is 6.04 Å². The van der Waals surface area contributed by atoms with Crippen molar-refractivity contribution in [1.29, 1.82) is 0 Å². The van der Waals surface area contributed by atoms with Crippen molar-refractivity contribution >= 4 is 15.9 Å². The first kappa shape index (κ1) is 8.64. The summed E-state index contributed by atoms with van der Waals surface area (Å²) in [5.74, 6) is 0. The fourth-order valence-electron chi connectivity index (χ4n) is 0.724.